The maximum absolute atomic E-state index is 13.0. The number of H-pyrrole nitrogens is 1. The lowest BCUT2D eigenvalue weighted by atomic mass is 9.91. The van der Waals surface area contributed by atoms with Crippen molar-refractivity contribution in [3.63, 3.8) is 0 Å². The van der Waals surface area contributed by atoms with Crippen molar-refractivity contribution < 1.29 is 9.90 Å². The summed E-state index contributed by atoms with van der Waals surface area (Å²) in [6.45, 7) is -0.167. The number of halogens is 1. The number of amides is 1. The smallest absolute Gasteiger partial charge is 0.272 e. The zero-order valence-electron chi connectivity index (χ0n) is 16.8. The third-order valence-corrected chi connectivity index (χ3v) is 6.05. The van der Waals surface area contributed by atoms with Crippen LogP contribution in [-0.2, 0) is 12.8 Å². The average molecular weight is 424 g/mol. The van der Waals surface area contributed by atoms with Crippen LogP contribution in [0.2, 0.25) is 5.02 Å². The standard InChI is InChI=1S/C24H26ClN3O2/c25-19-11-6-7-16(14-19)13-18-10-4-5-12-20-22(18)27-28-23(20)24(30)26-21(15-29)17-8-2-1-3-9-17/h1-3,6-9,11,14,18,21,29H,4-5,10,12-13,15H2,(H,26,30)(H,27,28)/t18?,21-/m1/s1. The number of fused-ring (bicyclic) bond motifs is 1. The van der Waals surface area contributed by atoms with Crippen LogP contribution in [0.1, 0.15) is 64.1 Å². The molecule has 0 spiro atoms. The van der Waals surface area contributed by atoms with Gasteiger partial charge in [-0.05, 0) is 48.9 Å². The lowest BCUT2D eigenvalue weighted by Crippen LogP contribution is -2.31. The first kappa shape index (κ1) is 20.6. The second kappa shape index (κ2) is 9.45. The number of aliphatic hydroxyl groups excluding tert-OH is 1. The van der Waals surface area contributed by atoms with E-state index in [1.54, 1.807) is 0 Å². The summed E-state index contributed by atoms with van der Waals surface area (Å²) >= 11 is 6.16. The fourth-order valence-electron chi connectivity index (χ4n) is 4.29. The number of hydrogen-bond donors (Lipinski definition) is 3. The summed E-state index contributed by atoms with van der Waals surface area (Å²) in [5, 5.41) is 21.0. The minimum Gasteiger partial charge on any atom is -0.394 e. The van der Waals surface area contributed by atoms with Gasteiger partial charge in [-0.1, -0.05) is 60.5 Å². The van der Waals surface area contributed by atoms with Crippen LogP contribution in [0, 0.1) is 0 Å². The quantitative estimate of drug-likeness (QED) is 0.508. The van der Waals surface area contributed by atoms with Crippen LogP contribution in [0.25, 0.3) is 0 Å². The highest BCUT2D eigenvalue weighted by molar-refractivity contribution is 6.30. The van der Waals surface area contributed by atoms with E-state index >= 15 is 0 Å². The molecule has 0 aliphatic heterocycles. The van der Waals surface area contributed by atoms with Gasteiger partial charge in [-0.2, -0.15) is 5.10 Å². The maximum Gasteiger partial charge on any atom is 0.272 e. The van der Waals surface area contributed by atoms with E-state index in [2.05, 4.69) is 21.6 Å². The Labute approximate surface area is 181 Å². The summed E-state index contributed by atoms with van der Waals surface area (Å²) in [4.78, 5) is 13.0. The molecule has 3 N–H and O–H groups in total. The average Bonchev–Trinajstić information content (AvgIpc) is 3.09. The number of aliphatic hydroxyl groups is 1. The van der Waals surface area contributed by atoms with Crippen molar-refractivity contribution >= 4 is 17.5 Å². The summed E-state index contributed by atoms with van der Waals surface area (Å²) in [5.74, 6) is 0.0246. The Morgan fingerprint density at radius 1 is 1.20 bits per heavy atom. The monoisotopic (exact) mass is 423 g/mol. The molecule has 30 heavy (non-hydrogen) atoms. The van der Waals surface area contributed by atoms with Crippen LogP contribution < -0.4 is 5.32 Å². The molecule has 1 amide bonds. The summed E-state index contributed by atoms with van der Waals surface area (Å²) < 4.78 is 0. The number of benzene rings is 2. The summed E-state index contributed by atoms with van der Waals surface area (Å²) in [6, 6.07) is 17.0. The second-order valence-electron chi connectivity index (χ2n) is 7.86. The van der Waals surface area contributed by atoms with E-state index in [9.17, 15) is 9.90 Å². The SMILES string of the molecule is O=C(N[C@H](CO)c1ccccc1)c1n[nH]c2c1CCCCC2Cc1cccc(Cl)c1. The third kappa shape index (κ3) is 4.58. The van der Waals surface area contributed by atoms with Crippen molar-refractivity contribution in [2.45, 2.75) is 44.1 Å². The maximum atomic E-state index is 13.0. The predicted molar refractivity (Wildman–Crippen MR) is 118 cm³/mol. The van der Waals surface area contributed by atoms with Gasteiger partial charge in [0.25, 0.3) is 5.91 Å². The molecule has 2 atom stereocenters. The Balaban J connectivity index is 1.56. The zero-order valence-corrected chi connectivity index (χ0v) is 17.5. The molecule has 2 aromatic carbocycles. The molecule has 4 rings (SSSR count). The van der Waals surface area contributed by atoms with E-state index in [4.69, 9.17) is 11.6 Å². The Bertz CT molecular complexity index is 1000. The van der Waals surface area contributed by atoms with Gasteiger partial charge in [-0.15, -0.1) is 0 Å². The molecule has 1 aliphatic carbocycles. The lowest BCUT2D eigenvalue weighted by molar-refractivity contribution is 0.0910. The van der Waals surface area contributed by atoms with Crippen molar-refractivity contribution in [1.82, 2.24) is 15.5 Å². The first-order valence-corrected chi connectivity index (χ1v) is 10.8. The van der Waals surface area contributed by atoms with Crippen LogP contribution in [0.4, 0.5) is 0 Å². The number of aromatic amines is 1. The van der Waals surface area contributed by atoms with E-state index in [0.29, 0.717) is 5.69 Å². The fraction of sp³-hybridized carbons (Fsp3) is 0.333. The number of nitrogens with one attached hydrogen (secondary N) is 2. The highest BCUT2D eigenvalue weighted by Gasteiger charge is 2.28. The molecule has 1 unspecified atom stereocenters. The Morgan fingerprint density at radius 2 is 2.03 bits per heavy atom. The van der Waals surface area contributed by atoms with Gasteiger partial charge in [0.2, 0.25) is 0 Å². The summed E-state index contributed by atoms with van der Waals surface area (Å²) in [7, 11) is 0. The molecule has 5 nitrogen and oxygen atoms in total. The summed E-state index contributed by atoms with van der Waals surface area (Å²) in [6.07, 6.45) is 4.88. The number of aromatic nitrogens is 2. The number of rotatable bonds is 6. The number of carbonyl (C=O) groups is 1. The highest BCUT2D eigenvalue weighted by atomic mass is 35.5. The fourth-order valence-corrected chi connectivity index (χ4v) is 4.51. The van der Waals surface area contributed by atoms with E-state index in [-0.39, 0.29) is 18.4 Å². The molecule has 156 valence electrons. The molecule has 6 heteroatoms. The third-order valence-electron chi connectivity index (χ3n) is 5.81. The lowest BCUT2D eigenvalue weighted by Gasteiger charge is -2.17. The molecule has 1 aliphatic rings. The van der Waals surface area contributed by atoms with Crippen molar-refractivity contribution in [1.29, 1.82) is 0 Å². The van der Waals surface area contributed by atoms with Crippen LogP contribution in [0.3, 0.4) is 0 Å². The predicted octanol–water partition coefficient (Wildman–Crippen LogP) is 4.58. The van der Waals surface area contributed by atoms with Crippen LogP contribution in [0.15, 0.2) is 54.6 Å². The van der Waals surface area contributed by atoms with Gasteiger partial charge < -0.3 is 10.4 Å². The zero-order chi connectivity index (χ0) is 20.9. The van der Waals surface area contributed by atoms with E-state index < -0.39 is 6.04 Å². The molecule has 1 aromatic heterocycles. The number of hydrogen-bond acceptors (Lipinski definition) is 3. The van der Waals surface area contributed by atoms with Crippen LogP contribution in [0.5, 0.6) is 0 Å². The van der Waals surface area contributed by atoms with Gasteiger partial charge in [0.05, 0.1) is 12.6 Å². The Morgan fingerprint density at radius 3 is 2.80 bits per heavy atom. The summed E-state index contributed by atoms with van der Waals surface area (Å²) in [5.41, 5.74) is 4.55. The molecular weight excluding hydrogens is 398 g/mol. The minimum absolute atomic E-state index is 0.167. The molecule has 1 heterocycles. The normalized spacial score (nSPS) is 17.1. The molecule has 0 saturated heterocycles. The minimum atomic E-state index is -0.459. The van der Waals surface area contributed by atoms with Gasteiger partial charge in [0, 0.05) is 22.2 Å². The molecular formula is C24H26ClN3O2. The molecule has 3 aromatic rings. The van der Waals surface area contributed by atoms with Crippen molar-refractivity contribution in [2.75, 3.05) is 6.61 Å². The van der Waals surface area contributed by atoms with Crippen molar-refractivity contribution in [2.24, 2.45) is 0 Å². The van der Waals surface area contributed by atoms with Gasteiger partial charge in [-0.3, -0.25) is 9.89 Å². The molecule has 0 radical (unpaired) electrons. The van der Waals surface area contributed by atoms with Gasteiger partial charge in [0.15, 0.2) is 5.69 Å². The second-order valence-corrected chi connectivity index (χ2v) is 8.30. The van der Waals surface area contributed by atoms with Gasteiger partial charge >= 0.3 is 0 Å². The number of nitrogens with zero attached hydrogens (tertiary/aromatic N) is 1. The topological polar surface area (TPSA) is 78.0 Å². The molecule has 0 saturated carbocycles. The van der Waals surface area contributed by atoms with Crippen LogP contribution >= 0.6 is 11.6 Å². The first-order valence-electron chi connectivity index (χ1n) is 10.4. The van der Waals surface area contributed by atoms with Gasteiger partial charge in [-0.25, -0.2) is 0 Å². The highest BCUT2D eigenvalue weighted by Crippen LogP contribution is 2.33. The first-order chi connectivity index (χ1) is 14.7. The van der Waals surface area contributed by atoms with E-state index in [1.165, 1.54) is 5.56 Å². The van der Waals surface area contributed by atoms with Gasteiger partial charge in [0.1, 0.15) is 0 Å². The van der Waals surface area contributed by atoms with E-state index in [0.717, 1.165) is 53.9 Å². The Kier molecular flexibility index (Phi) is 6.50. The van der Waals surface area contributed by atoms with Crippen molar-refractivity contribution in [3.05, 3.63) is 87.7 Å². The van der Waals surface area contributed by atoms with Crippen molar-refractivity contribution in [3.8, 4) is 0 Å². The molecule has 0 bridgehead atoms. The van der Waals surface area contributed by atoms with E-state index in [1.807, 2.05) is 48.5 Å². The Hall–Kier alpha value is -2.63. The molecule has 0 fully saturated rings. The largest absolute Gasteiger partial charge is 0.394 e. The number of carbonyl (C=O) groups excluding carboxylic acids is 1. The van der Waals surface area contributed by atoms with Crippen LogP contribution in [-0.4, -0.2) is 27.8 Å².